The van der Waals surface area contributed by atoms with Gasteiger partial charge in [-0.1, -0.05) is 12.1 Å². The van der Waals surface area contributed by atoms with Crippen LogP contribution in [0.25, 0.3) is 0 Å². The minimum atomic E-state index is -5.07. The highest BCUT2D eigenvalue weighted by atomic mass is 31.2. The first-order valence-electron chi connectivity index (χ1n) is 11.7. The lowest BCUT2D eigenvalue weighted by Crippen LogP contribution is -2.46. The molecule has 3 N–H and O–H groups in total. The van der Waals surface area contributed by atoms with Crippen molar-refractivity contribution in [3.05, 3.63) is 86.8 Å². The molecule has 2 aromatic carbocycles. The Kier molecular flexibility index (Phi) is 8.51. The molecule has 1 aromatic heterocycles. The van der Waals surface area contributed by atoms with E-state index in [2.05, 4.69) is 10.1 Å². The van der Waals surface area contributed by atoms with E-state index in [-0.39, 0.29) is 36.0 Å². The largest absolute Gasteiger partial charge is 0.454 e. The summed E-state index contributed by atoms with van der Waals surface area (Å²) in [6, 6.07) is 5.01. The predicted molar refractivity (Wildman–Crippen MR) is 126 cm³/mol. The Morgan fingerprint density at radius 1 is 1.10 bits per heavy atom. The summed E-state index contributed by atoms with van der Waals surface area (Å²) >= 11 is 0. The molecule has 1 saturated heterocycles. The normalized spacial score (nSPS) is 19.9. The molecular weight excluding hydrogens is 592 g/mol. The van der Waals surface area contributed by atoms with Crippen molar-refractivity contribution in [2.45, 2.75) is 44.3 Å². The molecule has 1 aliphatic rings. The highest BCUT2D eigenvalue weighted by molar-refractivity contribution is 7.49. The van der Waals surface area contributed by atoms with Crippen molar-refractivity contribution < 1.29 is 54.6 Å². The molecule has 0 saturated carbocycles. The van der Waals surface area contributed by atoms with Crippen LogP contribution in [-0.4, -0.2) is 48.7 Å². The van der Waals surface area contributed by atoms with Crippen LogP contribution in [0, 0.1) is 5.82 Å². The lowest BCUT2D eigenvalue weighted by molar-refractivity contribution is -0.231. The van der Waals surface area contributed by atoms with Crippen molar-refractivity contribution in [3.8, 4) is 0 Å². The third kappa shape index (κ3) is 7.23. The zero-order chi connectivity index (χ0) is 30.3. The van der Waals surface area contributed by atoms with E-state index < -0.39 is 66.7 Å². The molecule has 0 spiro atoms. The molecule has 0 bridgehead atoms. The average molecular weight is 614 g/mol. The first-order valence-corrected chi connectivity index (χ1v) is 13.3. The Bertz CT molecular complexity index is 1450. The van der Waals surface area contributed by atoms with E-state index >= 15 is 0 Å². The lowest BCUT2D eigenvalue weighted by Gasteiger charge is -2.41. The summed E-state index contributed by atoms with van der Waals surface area (Å²) in [6.07, 6.45) is -12.8. The maximum Gasteiger partial charge on any atom is 0.454 e. The number of nitrogens with one attached hydrogen (secondary N) is 1. The number of rotatable bonds is 7. The van der Waals surface area contributed by atoms with Crippen LogP contribution >= 0.6 is 7.75 Å². The van der Waals surface area contributed by atoms with Crippen LogP contribution < -0.4 is 5.69 Å². The minimum absolute atomic E-state index is 0.00603. The van der Waals surface area contributed by atoms with E-state index in [9.17, 15) is 49.9 Å². The summed E-state index contributed by atoms with van der Waals surface area (Å²) in [5.74, 6) is -0.775. The number of benzene rings is 2. The van der Waals surface area contributed by atoms with Crippen LogP contribution in [0.1, 0.15) is 47.1 Å². The van der Waals surface area contributed by atoms with Crippen molar-refractivity contribution in [2.24, 2.45) is 0 Å². The molecule has 0 radical (unpaired) electrons. The molecule has 1 unspecified atom stereocenters. The Labute approximate surface area is 226 Å². The van der Waals surface area contributed by atoms with Gasteiger partial charge >= 0.3 is 25.8 Å². The number of ether oxygens (including phenoxy) is 2. The van der Waals surface area contributed by atoms with E-state index in [1.807, 2.05) is 0 Å². The molecule has 1 aliphatic heterocycles. The second kappa shape index (κ2) is 11.3. The summed E-state index contributed by atoms with van der Waals surface area (Å²) in [5.41, 5.74) is -4.31. The van der Waals surface area contributed by atoms with Gasteiger partial charge in [-0.2, -0.15) is 26.3 Å². The van der Waals surface area contributed by atoms with E-state index in [4.69, 9.17) is 9.47 Å². The van der Waals surface area contributed by atoms with Crippen LogP contribution in [0.3, 0.4) is 0 Å². The summed E-state index contributed by atoms with van der Waals surface area (Å²) in [6.45, 7) is 1.04. The van der Waals surface area contributed by atoms with Gasteiger partial charge in [0.1, 0.15) is 11.6 Å². The Hall–Kier alpha value is -3.08. The van der Waals surface area contributed by atoms with Gasteiger partial charge in [-0.15, -0.1) is 9.55 Å². The zero-order valence-corrected chi connectivity index (χ0v) is 21.8. The lowest BCUT2D eigenvalue weighted by atomic mass is 10.0. The number of halogens is 7. The van der Waals surface area contributed by atoms with Gasteiger partial charge in [-0.05, 0) is 48.4 Å². The van der Waals surface area contributed by atoms with E-state index in [0.29, 0.717) is 17.7 Å². The van der Waals surface area contributed by atoms with Crippen molar-refractivity contribution in [3.63, 3.8) is 0 Å². The maximum atomic E-state index is 13.7. The quantitative estimate of drug-likeness (QED) is 0.265. The van der Waals surface area contributed by atoms with Gasteiger partial charge < -0.3 is 19.3 Å². The molecule has 10 nitrogen and oxygen atoms in total. The predicted octanol–water partition coefficient (Wildman–Crippen LogP) is 4.37. The van der Waals surface area contributed by atoms with Crippen LogP contribution in [-0.2, 0) is 32.9 Å². The molecule has 3 aromatic rings. The van der Waals surface area contributed by atoms with Gasteiger partial charge in [0.15, 0.2) is 6.29 Å². The third-order valence-corrected chi connectivity index (χ3v) is 6.95. The standard InChI is InChI=1S/C23H22F7N4O6P/c1-12(14-8-15(22(25,26)27)10-16(9-14)23(28,29)30)40-20-19(13-2-4-17(24)5-3-13)33(6-7-39-20)11-18-31-21(35)34(32-18)41(36,37)38/h2-5,8-10,12,19-20H,6-7,11H2,1H3,(H,31,32,35)(H2,36,37,38)/t12-,19+,20?/m1/s1. The zero-order valence-electron chi connectivity index (χ0n) is 20.9. The summed E-state index contributed by atoms with van der Waals surface area (Å²) in [7, 11) is -5.07. The van der Waals surface area contributed by atoms with Gasteiger partial charge in [0.2, 0.25) is 0 Å². The van der Waals surface area contributed by atoms with Gasteiger partial charge in [0.05, 0.1) is 36.4 Å². The molecule has 224 valence electrons. The van der Waals surface area contributed by atoms with Crippen molar-refractivity contribution in [1.82, 2.24) is 19.4 Å². The van der Waals surface area contributed by atoms with Gasteiger partial charge in [0, 0.05) is 6.54 Å². The number of morpholine rings is 1. The summed E-state index contributed by atoms with van der Waals surface area (Å²) < 4.78 is 117. The fraction of sp³-hybridized carbons (Fsp3) is 0.391. The summed E-state index contributed by atoms with van der Waals surface area (Å²) in [4.78, 5) is 34.3. The molecule has 1 fully saturated rings. The number of aromatic nitrogens is 3. The van der Waals surface area contributed by atoms with Crippen molar-refractivity contribution in [1.29, 1.82) is 0 Å². The third-order valence-electron chi connectivity index (χ3n) is 6.19. The molecule has 3 atom stereocenters. The monoisotopic (exact) mass is 614 g/mol. The highest BCUT2D eigenvalue weighted by Gasteiger charge is 2.39. The molecule has 41 heavy (non-hydrogen) atoms. The molecule has 18 heteroatoms. The van der Waals surface area contributed by atoms with Crippen LogP contribution in [0.4, 0.5) is 30.7 Å². The number of hydrogen-bond acceptors (Lipinski definition) is 6. The molecule has 4 rings (SSSR count). The minimum Gasteiger partial charge on any atom is -0.349 e. The Morgan fingerprint density at radius 3 is 2.20 bits per heavy atom. The molecule has 0 amide bonds. The number of nitrogens with zero attached hydrogens (tertiary/aromatic N) is 3. The molecule has 2 heterocycles. The first kappa shape index (κ1) is 30.9. The molecular formula is C23H22F7N4O6P. The van der Waals surface area contributed by atoms with Crippen LogP contribution in [0.15, 0.2) is 47.3 Å². The average Bonchev–Trinajstić information content (AvgIpc) is 3.24. The summed E-state index contributed by atoms with van der Waals surface area (Å²) in [5, 5.41) is 3.61. The first-order chi connectivity index (χ1) is 18.9. The number of H-pyrrole nitrogens is 1. The number of aromatic amines is 1. The highest BCUT2D eigenvalue weighted by Crippen LogP contribution is 2.40. The van der Waals surface area contributed by atoms with Crippen LogP contribution in [0.5, 0.6) is 0 Å². The van der Waals surface area contributed by atoms with Crippen LogP contribution in [0.2, 0.25) is 0 Å². The maximum absolute atomic E-state index is 13.7. The Morgan fingerprint density at radius 2 is 1.68 bits per heavy atom. The fourth-order valence-corrected chi connectivity index (χ4v) is 4.81. The number of alkyl halides is 6. The smallest absolute Gasteiger partial charge is 0.349 e. The van der Waals surface area contributed by atoms with Gasteiger partial charge in [0.25, 0.3) is 0 Å². The van der Waals surface area contributed by atoms with E-state index in [0.717, 1.165) is 12.1 Å². The second-order valence-electron chi connectivity index (χ2n) is 9.10. The van der Waals surface area contributed by atoms with E-state index in [1.165, 1.54) is 19.1 Å². The second-order valence-corrected chi connectivity index (χ2v) is 10.5. The van der Waals surface area contributed by atoms with Crippen molar-refractivity contribution in [2.75, 3.05) is 13.2 Å². The topological polar surface area (TPSA) is 130 Å². The Balaban J connectivity index is 1.68. The van der Waals surface area contributed by atoms with E-state index in [1.54, 1.807) is 4.90 Å². The van der Waals surface area contributed by atoms with Gasteiger partial charge in [-0.25, -0.2) is 13.8 Å². The van der Waals surface area contributed by atoms with Crippen molar-refractivity contribution >= 4 is 7.75 Å². The number of hydrogen-bond donors (Lipinski definition) is 3. The molecule has 0 aliphatic carbocycles. The van der Waals surface area contributed by atoms with Gasteiger partial charge in [-0.3, -0.25) is 9.88 Å². The SMILES string of the molecule is C[C@@H](OC1OCCN(Cc2nn(P(=O)(O)O)c(=O)[nH]2)[C@H]1c1ccc(F)cc1)c1cc(C(F)(F)F)cc(C(F)(F)F)c1. The fourth-order valence-electron chi connectivity index (χ4n) is 4.30.